The van der Waals surface area contributed by atoms with Crippen molar-refractivity contribution in [3.63, 3.8) is 0 Å². The zero-order chi connectivity index (χ0) is 28.3. The Kier molecular flexibility index (Phi) is 7.87. The molecule has 8 nitrogen and oxygen atoms in total. The predicted molar refractivity (Wildman–Crippen MR) is 154 cm³/mol. The van der Waals surface area contributed by atoms with Crippen LogP contribution in [0.2, 0.25) is 0 Å². The highest BCUT2D eigenvalue weighted by Gasteiger charge is 2.24. The van der Waals surface area contributed by atoms with Gasteiger partial charge >= 0.3 is 5.97 Å². The molecule has 5 rings (SSSR count). The van der Waals surface area contributed by atoms with Gasteiger partial charge in [-0.1, -0.05) is 64.7 Å². The standard InChI is InChI=1S/C32H36N4O4/c1-32(2,3)22-9-12-24(13-10-22)40-25-11-8-21-15-28(35-27(26(21)17-25)14-20-6-4-5-7-20)30(37)36-29(31(38)39)16-23-18-33-19-34-23/h8-13,15,17-20,29H,4-7,14,16H2,1-3H3,(H,33,34)(H,36,37)(H,38,39)/t29-/m0/s1. The third-order valence-electron chi connectivity index (χ3n) is 7.60. The van der Waals surface area contributed by atoms with Crippen LogP contribution in [0.25, 0.3) is 10.8 Å². The molecule has 8 heteroatoms. The highest BCUT2D eigenvalue weighted by Crippen LogP contribution is 2.33. The van der Waals surface area contributed by atoms with E-state index in [0.29, 0.717) is 17.4 Å². The number of hydrogen-bond acceptors (Lipinski definition) is 5. The molecule has 0 bridgehead atoms. The van der Waals surface area contributed by atoms with Gasteiger partial charge in [-0.15, -0.1) is 0 Å². The average Bonchev–Trinajstić information content (AvgIpc) is 3.63. The van der Waals surface area contributed by atoms with E-state index in [1.54, 1.807) is 12.3 Å². The Hall–Kier alpha value is -4.20. The van der Waals surface area contributed by atoms with E-state index in [2.05, 4.69) is 48.2 Å². The molecule has 0 unspecified atom stereocenters. The van der Waals surface area contributed by atoms with E-state index in [4.69, 9.17) is 9.72 Å². The van der Waals surface area contributed by atoms with Gasteiger partial charge in [-0.3, -0.25) is 4.79 Å². The monoisotopic (exact) mass is 540 g/mol. The van der Waals surface area contributed by atoms with Crippen LogP contribution in [0.1, 0.15) is 73.9 Å². The van der Waals surface area contributed by atoms with Crippen molar-refractivity contribution >= 4 is 22.6 Å². The molecule has 1 fully saturated rings. The number of nitrogens with one attached hydrogen (secondary N) is 2. The van der Waals surface area contributed by atoms with Crippen LogP contribution in [-0.2, 0) is 23.1 Å². The van der Waals surface area contributed by atoms with Crippen molar-refractivity contribution in [2.24, 2.45) is 5.92 Å². The average molecular weight is 541 g/mol. The molecule has 40 heavy (non-hydrogen) atoms. The molecular formula is C32H36N4O4. The number of carbonyl (C=O) groups excluding carboxylic acids is 1. The van der Waals surface area contributed by atoms with Gasteiger partial charge in [0.2, 0.25) is 0 Å². The summed E-state index contributed by atoms with van der Waals surface area (Å²) in [7, 11) is 0. The summed E-state index contributed by atoms with van der Waals surface area (Å²) in [6.45, 7) is 6.54. The van der Waals surface area contributed by atoms with Gasteiger partial charge in [0.25, 0.3) is 5.91 Å². The summed E-state index contributed by atoms with van der Waals surface area (Å²) in [5.74, 6) is 0.324. The molecule has 0 spiro atoms. The number of aromatic nitrogens is 3. The lowest BCUT2D eigenvalue weighted by molar-refractivity contribution is -0.139. The first-order valence-corrected chi connectivity index (χ1v) is 13.9. The molecule has 1 aliphatic carbocycles. The van der Waals surface area contributed by atoms with Crippen LogP contribution in [-0.4, -0.2) is 38.0 Å². The molecule has 1 aliphatic rings. The number of nitrogens with zero attached hydrogens (tertiary/aromatic N) is 2. The van der Waals surface area contributed by atoms with E-state index in [0.717, 1.165) is 41.5 Å². The first-order valence-electron chi connectivity index (χ1n) is 13.9. The maximum absolute atomic E-state index is 13.2. The second-order valence-electron chi connectivity index (χ2n) is 11.7. The normalized spacial score (nSPS) is 14.8. The maximum atomic E-state index is 13.2. The number of hydrogen-bond donors (Lipinski definition) is 3. The predicted octanol–water partition coefficient (Wildman–Crippen LogP) is 6.21. The van der Waals surface area contributed by atoms with Crippen LogP contribution in [0.5, 0.6) is 11.5 Å². The highest BCUT2D eigenvalue weighted by molar-refractivity contribution is 5.99. The zero-order valence-corrected chi connectivity index (χ0v) is 23.2. The molecule has 2 heterocycles. The number of rotatable bonds is 9. The largest absolute Gasteiger partial charge is 0.480 e. The van der Waals surface area contributed by atoms with Gasteiger partial charge in [0.05, 0.1) is 12.0 Å². The molecule has 208 valence electrons. The van der Waals surface area contributed by atoms with Crippen molar-refractivity contribution in [1.82, 2.24) is 20.3 Å². The summed E-state index contributed by atoms with van der Waals surface area (Å²) in [5, 5.41) is 14.1. The smallest absolute Gasteiger partial charge is 0.326 e. The van der Waals surface area contributed by atoms with Gasteiger partial charge in [0.1, 0.15) is 23.2 Å². The van der Waals surface area contributed by atoms with Crippen LogP contribution in [0, 0.1) is 5.92 Å². The van der Waals surface area contributed by atoms with Gasteiger partial charge in [0.15, 0.2) is 0 Å². The quantitative estimate of drug-likeness (QED) is 0.232. The van der Waals surface area contributed by atoms with E-state index in [9.17, 15) is 14.7 Å². The van der Waals surface area contributed by atoms with Gasteiger partial charge in [0, 0.05) is 23.7 Å². The molecule has 1 atom stereocenters. The molecule has 4 aromatic rings. The van der Waals surface area contributed by atoms with E-state index < -0.39 is 17.9 Å². The van der Waals surface area contributed by atoms with Crippen molar-refractivity contribution in [1.29, 1.82) is 0 Å². The number of ether oxygens (including phenoxy) is 1. The Balaban J connectivity index is 1.43. The lowest BCUT2D eigenvalue weighted by Crippen LogP contribution is -2.42. The zero-order valence-electron chi connectivity index (χ0n) is 23.2. The van der Waals surface area contributed by atoms with Crippen LogP contribution < -0.4 is 10.1 Å². The molecule has 1 saturated carbocycles. The van der Waals surface area contributed by atoms with Crippen molar-refractivity contribution in [2.45, 2.75) is 70.8 Å². The summed E-state index contributed by atoms with van der Waals surface area (Å²) in [6, 6.07) is 14.6. The van der Waals surface area contributed by atoms with Gasteiger partial charge in [-0.05, 0) is 59.0 Å². The van der Waals surface area contributed by atoms with E-state index in [1.165, 1.54) is 24.7 Å². The van der Waals surface area contributed by atoms with Crippen molar-refractivity contribution in [3.05, 3.63) is 83.7 Å². The van der Waals surface area contributed by atoms with Crippen LogP contribution >= 0.6 is 0 Å². The second kappa shape index (κ2) is 11.5. The molecule has 3 N–H and O–H groups in total. The fourth-order valence-corrected chi connectivity index (χ4v) is 5.32. The summed E-state index contributed by atoms with van der Waals surface area (Å²) in [6.07, 6.45) is 8.62. The minimum Gasteiger partial charge on any atom is -0.480 e. The Morgan fingerprint density at radius 2 is 1.80 bits per heavy atom. The van der Waals surface area contributed by atoms with Crippen molar-refractivity contribution < 1.29 is 19.4 Å². The first-order chi connectivity index (χ1) is 19.2. The highest BCUT2D eigenvalue weighted by atomic mass is 16.5. The van der Waals surface area contributed by atoms with Crippen LogP contribution in [0.3, 0.4) is 0 Å². The molecule has 2 aromatic carbocycles. The Bertz CT molecular complexity index is 1480. The van der Waals surface area contributed by atoms with Gasteiger partial charge < -0.3 is 20.1 Å². The van der Waals surface area contributed by atoms with Crippen molar-refractivity contribution in [2.75, 3.05) is 0 Å². The second-order valence-corrected chi connectivity index (χ2v) is 11.7. The molecule has 1 amide bonds. The van der Waals surface area contributed by atoms with Gasteiger partial charge in [-0.25, -0.2) is 14.8 Å². The van der Waals surface area contributed by atoms with E-state index >= 15 is 0 Å². The fraction of sp³-hybridized carbons (Fsp3) is 0.375. The number of pyridine rings is 1. The number of H-pyrrole nitrogens is 1. The topological polar surface area (TPSA) is 117 Å². The Morgan fingerprint density at radius 3 is 2.45 bits per heavy atom. The number of amides is 1. The third-order valence-corrected chi connectivity index (χ3v) is 7.60. The van der Waals surface area contributed by atoms with Gasteiger partial charge in [-0.2, -0.15) is 0 Å². The molecular weight excluding hydrogens is 504 g/mol. The van der Waals surface area contributed by atoms with Crippen LogP contribution in [0.4, 0.5) is 0 Å². The lowest BCUT2D eigenvalue weighted by Gasteiger charge is -2.19. The minimum absolute atomic E-state index is 0.0652. The van der Waals surface area contributed by atoms with Crippen molar-refractivity contribution in [3.8, 4) is 11.5 Å². The summed E-state index contributed by atoms with van der Waals surface area (Å²) in [5.41, 5.74) is 2.90. The Morgan fingerprint density at radius 1 is 1.07 bits per heavy atom. The SMILES string of the molecule is CC(C)(C)c1ccc(Oc2ccc3cc(C(=O)N[C@@H](Cc4c[nH]cn4)C(=O)O)nc(CC4CCCC4)c3c2)cc1. The summed E-state index contributed by atoms with van der Waals surface area (Å²) >= 11 is 0. The van der Waals surface area contributed by atoms with E-state index in [1.807, 2.05) is 30.3 Å². The number of carboxylic acid groups (broad SMARTS) is 1. The fourth-order valence-electron chi connectivity index (χ4n) is 5.32. The number of benzene rings is 2. The number of fused-ring (bicyclic) bond motifs is 1. The molecule has 2 aromatic heterocycles. The minimum atomic E-state index is -1.12. The lowest BCUT2D eigenvalue weighted by atomic mass is 9.87. The molecule has 0 aliphatic heterocycles. The number of aromatic amines is 1. The van der Waals surface area contributed by atoms with Crippen LogP contribution in [0.15, 0.2) is 61.1 Å². The first kappa shape index (κ1) is 27.4. The number of aliphatic carboxylic acids is 1. The maximum Gasteiger partial charge on any atom is 0.326 e. The number of imidazole rings is 1. The summed E-state index contributed by atoms with van der Waals surface area (Å²) < 4.78 is 6.20. The summed E-state index contributed by atoms with van der Waals surface area (Å²) in [4.78, 5) is 36.8. The number of carboxylic acids is 1. The third kappa shape index (κ3) is 6.50. The molecule has 0 saturated heterocycles. The molecule has 0 radical (unpaired) electrons. The van der Waals surface area contributed by atoms with E-state index in [-0.39, 0.29) is 17.5 Å². The Labute approximate surface area is 234 Å². The number of carbonyl (C=O) groups is 2.